The molecule has 5 N–H and O–H groups in total. The molecule has 8 nitrogen and oxygen atoms in total. The second kappa shape index (κ2) is 6.58. The number of aromatic amines is 2. The third kappa shape index (κ3) is 3.30. The number of carboxylic acids is 1. The summed E-state index contributed by atoms with van der Waals surface area (Å²) in [4.78, 5) is 40.7. The summed E-state index contributed by atoms with van der Waals surface area (Å²) in [5.41, 5.74) is 3.10. The Bertz CT molecular complexity index is 1250. The molecule has 0 saturated heterocycles. The summed E-state index contributed by atoms with van der Waals surface area (Å²) < 4.78 is 0. The van der Waals surface area contributed by atoms with Crippen LogP contribution >= 0.6 is 0 Å². The lowest BCUT2D eigenvalue weighted by atomic mass is 10.2. The molecule has 0 spiro atoms. The van der Waals surface area contributed by atoms with E-state index in [1.807, 2.05) is 0 Å². The van der Waals surface area contributed by atoms with E-state index in [1.165, 1.54) is 13.0 Å². The highest BCUT2D eigenvalue weighted by Gasteiger charge is 2.12. The van der Waals surface area contributed by atoms with Crippen LogP contribution in [0.15, 0.2) is 48.5 Å². The minimum atomic E-state index is -1.04. The van der Waals surface area contributed by atoms with Gasteiger partial charge in [0.25, 0.3) is 5.91 Å². The summed E-state index contributed by atoms with van der Waals surface area (Å²) in [5.74, 6) is -1.54. The predicted molar refractivity (Wildman–Crippen MR) is 106 cm³/mol. The van der Waals surface area contributed by atoms with Crippen LogP contribution in [0.25, 0.3) is 21.8 Å². The van der Waals surface area contributed by atoms with Crippen molar-refractivity contribution in [1.29, 1.82) is 0 Å². The van der Waals surface area contributed by atoms with Gasteiger partial charge in [-0.1, -0.05) is 0 Å². The molecule has 4 rings (SSSR count). The van der Waals surface area contributed by atoms with Crippen LogP contribution < -0.4 is 10.6 Å². The van der Waals surface area contributed by atoms with Gasteiger partial charge >= 0.3 is 5.97 Å². The molecule has 0 atom stereocenters. The molecule has 2 aromatic heterocycles. The number of amides is 2. The van der Waals surface area contributed by atoms with Crippen molar-refractivity contribution in [2.75, 3.05) is 10.6 Å². The molecule has 0 bridgehead atoms. The maximum absolute atomic E-state index is 12.6. The zero-order valence-corrected chi connectivity index (χ0v) is 14.8. The van der Waals surface area contributed by atoms with E-state index < -0.39 is 5.97 Å². The van der Waals surface area contributed by atoms with E-state index >= 15 is 0 Å². The van der Waals surface area contributed by atoms with E-state index in [-0.39, 0.29) is 17.5 Å². The Morgan fingerprint density at radius 1 is 0.786 bits per heavy atom. The van der Waals surface area contributed by atoms with Gasteiger partial charge in [0.15, 0.2) is 0 Å². The van der Waals surface area contributed by atoms with Crippen LogP contribution in [0.4, 0.5) is 11.4 Å². The van der Waals surface area contributed by atoms with Gasteiger partial charge in [0, 0.05) is 40.1 Å². The van der Waals surface area contributed by atoms with Crippen LogP contribution in [-0.4, -0.2) is 32.9 Å². The second-order valence-electron chi connectivity index (χ2n) is 6.41. The van der Waals surface area contributed by atoms with Crippen molar-refractivity contribution in [3.8, 4) is 0 Å². The standard InChI is InChI=1S/C20H16N4O4/c1-10(25)21-13-2-4-15-11(6-13)8-17(23-15)19(26)22-14-3-5-16-12(7-14)9-18(24-16)20(27)28/h2-9,23-24H,1H3,(H,21,25)(H,22,26)(H,27,28). The van der Waals surface area contributed by atoms with E-state index in [0.29, 0.717) is 28.0 Å². The van der Waals surface area contributed by atoms with Gasteiger partial charge in [-0.2, -0.15) is 0 Å². The van der Waals surface area contributed by atoms with Crippen LogP contribution in [0.1, 0.15) is 27.9 Å². The van der Waals surface area contributed by atoms with Gasteiger partial charge in [0.1, 0.15) is 11.4 Å². The lowest BCUT2D eigenvalue weighted by molar-refractivity contribution is -0.114. The van der Waals surface area contributed by atoms with Crippen molar-refractivity contribution >= 4 is 51.0 Å². The number of carbonyl (C=O) groups excluding carboxylic acids is 2. The van der Waals surface area contributed by atoms with Gasteiger partial charge in [0.2, 0.25) is 5.91 Å². The van der Waals surface area contributed by atoms with E-state index in [4.69, 9.17) is 5.11 Å². The first-order valence-electron chi connectivity index (χ1n) is 8.47. The second-order valence-corrected chi connectivity index (χ2v) is 6.41. The summed E-state index contributed by atoms with van der Waals surface area (Å²) in [5, 5.41) is 16.0. The van der Waals surface area contributed by atoms with Crippen LogP contribution in [0.5, 0.6) is 0 Å². The summed E-state index contributed by atoms with van der Waals surface area (Å²) in [7, 11) is 0. The summed E-state index contributed by atoms with van der Waals surface area (Å²) in [6.07, 6.45) is 0. The van der Waals surface area contributed by atoms with Crippen molar-refractivity contribution in [1.82, 2.24) is 9.97 Å². The molecular weight excluding hydrogens is 360 g/mol. The average molecular weight is 376 g/mol. The van der Waals surface area contributed by atoms with Gasteiger partial charge in [-0.3, -0.25) is 9.59 Å². The number of H-pyrrole nitrogens is 2. The highest BCUT2D eigenvalue weighted by atomic mass is 16.4. The Kier molecular flexibility index (Phi) is 4.08. The number of fused-ring (bicyclic) bond motifs is 2. The molecule has 140 valence electrons. The van der Waals surface area contributed by atoms with Crippen LogP contribution in [-0.2, 0) is 4.79 Å². The number of nitrogens with one attached hydrogen (secondary N) is 4. The first-order valence-corrected chi connectivity index (χ1v) is 8.47. The molecule has 0 fully saturated rings. The molecule has 0 saturated carbocycles. The molecule has 8 heteroatoms. The molecule has 0 aliphatic rings. The smallest absolute Gasteiger partial charge is 0.352 e. The largest absolute Gasteiger partial charge is 0.477 e. The van der Waals surface area contributed by atoms with Crippen molar-refractivity contribution in [2.45, 2.75) is 6.92 Å². The van der Waals surface area contributed by atoms with Crippen molar-refractivity contribution in [3.05, 3.63) is 59.9 Å². The highest BCUT2D eigenvalue weighted by molar-refractivity contribution is 6.07. The Morgan fingerprint density at radius 3 is 1.89 bits per heavy atom. The summed E-state index contributed by atoms with van der Waals surface area (Å²) >= 11 is 0. The van der Waals surface area contributed by atoms with Crippen LogP contribution in [0.3, 0.4) is 0 Å². The van der Waals surface area contributed by atoms with E-state index in [0.717, 1.165) is 10.9 Å². The first-order chi connectivity index (χ1) is 13.4. The molecule has 2 aromatic carbocycles. The normalized spacial score (nSPS) is 10.9. The number of anilines is 2. The predicted octanol–water partition coefficient (Wildman–Crippen LogP) is 3.56. The topological polar surface area (TPSA) is 127 Å². The number of carbonyl (C=O) groups is 3. The van der Waals surface area contributed by atoms with Crippen molar-refractivity contribution in [3.63, 3.8) is 0 Å². The Labute approximate surface area is 158 Å². The van der Waals surface area contributed by atoms with E-state index in [1.54, 1.807) is 42.5 Å². The zero-order valence-electron chi connectivity index (χ0n) is 14.8. The van der Waals surface area contributed by atoms with Crippen molar-refractivity contribution in [2.24, 2.45) is 0 Å². The van der Waals surface area contributed by atoms with Gasteiger partial charge < -0.3 is 25.7 Å². The van der Waals surface area contributed by atoms with Crippen LogP contribution in [0.2, 0.25) is 0 Å². The number of hydrogen-bond donors (Lipinski definition) is 5. The maximum atomic E-state index is 12.6. The number of aromatic carboxylic acids is 1. The fourth-order valence-corrected chi connectivity index (χ4v) is 3.06. The molecule has 2 amide bonds. The number of hydrogen-bond acceptors (Lipinski definition) is 3. The summed E-state index contributed by atoms with van der Waals surface area (Å²) in [6.45, 7) is 1.43. The molecule has 2 heterocycles. The molecule has 28 heavy (non-hydrogen) atoms. The maximum Gasteiger partial charge on any atom is 0.352 e. The molecule has 0 aliphatic carbocycles. The quantitative estimate of drug-likeness (QED) is 0.373. The average Bonchev–Trinajstić information content (AvgIpc) is 3.24. The molecule has 0 unspecified atom stereocenters. The van der Waals surface area contributed by atoms with Gasteiger partial charge in [-0.25, -0.2) is 4.79 Å². The first kappa shape index (κ1) is 17.3. The minimum Gasteiger partial charge on any atom is -0.477 e. The van der Waals surface area contributed by atoms with Crippen molar-refractivity contribution < 1.29 is 19.5 Å². The third-order valence-corrected chi connectivity index (χ3v) is 4.29. The van der Waals surface area contributed by atoms with Crippen LogP contribution in [0, 0.1) is 0 Å². The SMILES string of the molecule is CC(=O)Nc1ccc2[nH]c(C(=O)Nc3ccc4[nH]c(C(=O)O)cc4c3)cc2c1. The Hall–Kier alpha value is -4.07. The Balaban J connectivity index is 1.58. The molecule has 0 radical (unpaired) electrons. The summed E-state index contributed by atoms with van der Waals surface area (Å²) in [6, 6.07) is 13.6. The zero-order chi connectivity index (χ0) is 19.8. The lowest BCUT2D eigenvalue weighted by Crippen LogP contribution is -2.11. The number of carboxylic acid groups (broad SMARTS) is 1. The van der Waals surface area contributed by atoms with E-state index in [2.05, 4.69) is 20.6 Å². The Morgan fingerprint density at radius 2 is 1.32 bits per heavy atom. The van der Waals surface area contributed by atoms with Gasteiger partial charge in [-0.05, 0) is 48.5 Å². The lowest BCUT2D eigenvalue weighted by Gasteiger charge is -2.03. The molecular formula is C20H16N4O4. The number of rotatable bonds is 4. The van der Waals surface area contributed by atoms with Gasteiger partial charge in [0.05, 0.1) is 0 Å². The molecule has 0 aliphatic heterocycles. The number of benzene rings is 2. The fourth-order valence-electron chi connectivity index (χ4n) is 3.06. The fraction of sp³-hybridized carbons (Fsp3) is 0.0500. The highest BCUT2D eigenvalue weighted by Crippen LogP contribution is 2.23. The third-order valence-electron chi connectivity index (χ3n) is 4.29. The molecule has 4 aromatic rings. The van der Waals surface area contributed by atoms with Gasteiger partial charge in [-0.15, -0.1) is 0 Å². The number of aromatic nitrogens is 2. The minimum absolute atomic E-state index is 0.0871. The van der Waals surface area contributed by atoms with E-state index in [9.17, 15) is 14.4 Å². The monoisotopic (exact) mass is 376 g/mol.